The summed E-state index contributed by atoms with van der Waals surface area (Å²) in [6.45, 7) is 1.68. The summed E-state index contributed by atoms with van der Waals surface area (Å²) in [7, 11) is 2.39. The molecular weight excluding hydrogens is 448 g/mol. The minimum atomic E-state index is -1.29. The van der Waals surface area contributed by atoms with Crippen LogP contribution in [-0.2, 0) is 19.1 Å². The number of ketones is 1. The van der Waals surface area contributed by atoms with Crippen LogP contribution in [0.15, 0.2) is 53.0 Å². The van der Waals surface area contributed by atoms with Gasteiger partial charge in [0.2, 0.25) is 0 Å². The molecule has 2 aromatic rings. The molecule has 0 saturated carbocycles. The predicted octanol–water partition coefficient (Wildman–Crippen LogP) is 4.67. The molecule has 2 aromatic carbocycles. The summed E-state index contributed by atoms with van der Waals surface area (Å²) in [5.41, 5.74) is 1.09. The van der Waals surface area contributed by atoms with E-state index in [-0.39, 0.29) is 5.78 Å². The monoisotopic (exact) mass is 466 g/mol. The van der Waals surface area contributed by atoms with Crippen LogP contribution in [0, 0.1) is 11.8 Å². The van der Waals surface area contributed by atoms with Crippen molar-refractivity contribution in [2.45, 2.75) is 12.8 Å². The maximum Gasteiger partial charge on any atom is 0.320 e. The summed E-state index contributed by atoms with van der Waals surface area (Å²) in [4.78, 5) is 38.0. The molecule has 0 heterocycles. The lowest BCUT2D eigenvalue weighted by molar-refractivity contribution is -0.160. The Bertz CT molecular complexity index is 832. The molecule has 148 valence electrons. The average Bonchev–Trinajstić information content (AvgIpc) is 2.71. The number of methoxy groups -OCH3 is 2. The van der Waals surface area contributed by atoms with Gasteiger partial charge >= 0.3 is 11.9 Å². The van der Waals surface area contributed by atoms with Gasteiger partial charge < -0.3 is 9.47 Å². The molecule has 0 aliphatic carbocycles. The van der Waals surface area contributed by atoms with Crippen LogP contribution in [0.25, 0.3) is 0 Å². The minimum Gasteiger partial charge on any atom is -0.468 e. The summed E-state index contributed by atoms with van der Waals surface area (Å²) in [5.74, 6) is -4.50. The number of esters is 2. The van der Waals surface area contributed by atoms with Crippen LogP contribution in [-0.4, -0.2) is 31.9 Å². The normalized spacial score (nSPS) is 12.9. The molecule has 0 aliphatic rings. The van der Waals surface area contributed by atoms with Crippen molar-refractivity contribution in [1.82, 2.24) is 0 Å². The van der Waals surface area contributed by atoms with Crippen molar-refractivity contribution in [2.24, 2.45) is 11.8 Å². The number of Topliss-reactive ketones (excluding diaryl/α,β-unsaturated/α-hetero) is 1. The standard InChI is InChI=1S/C21H20BrClO5/c1-12(19(24)14-4-8-15(22)9-5-14)17(13-6-10-16(23)11-7-13)18(20(25)27-2)21(26)28-3/h4-12,17-18H,1-3H3. The third kappa shape index (κ3) is 5.00. The highest BCUT2D eigenvalue weighted by molar-refractivity contribution is 9.10. The summed E-state index contributed by atoms with van der Waals surface area (Å²) >= 11 is 9.31. The van der Waals surface area contributed by atoms with Gasteiger partial charge in [0.05, 0.1) is 14.2 Å². The zero-order valence-electron chi connectivity index (χ0n) is 15.6. The molecule has 7 heteroatoms. The second kappa shape index (κ2) is 9.85. The van der Waals surface area contributed by atoms with Crippen LogP contribution < -0.4 is 0 Å². The summed E-state index contributed by atoms with van der Waals surface area (Å²) in [6, 6.07) is 13.6. The van der Waals surface area contributed by atoms with Crippen LogP contribution in [0.3, 0.4) is 0 Å². The number of halogens is 2. The molecule has 0 saturated heterocycles. The number of carbonyl (C=O) groups is 3. The highest BCUT2D eigenvalue weighted by atomic mass is 79.9. The number of rotatable bonds is 7. The highest BCUT2D eigenvalue weighted by Gasteiger charge is 2.43. The van der Waals surface area contributed by atoms with Crippen LogP contribution in [0.2, 0.25) is 5.02 Å². The molecule has 0 bridgehead atoms. The van der Waals surface area contributed by atoms with E-state index in [0.29, 0.717) is 16.1 Å². The van der Waals surface area contributed by atoms with Crippen LogP contribution in [0.4, 0.5) is 0 Å². The van der Waals surface area contributed by atoms with E-state index in [4.69, 9.17) is 21.1 Å². The van der Waals surface area contributed by atoms with Crippen LogP contribution in [0.1, 0.15) is 28.8 Å². The molecule has 5 nitrogen and oxygen atoms in total. The Balaban J connectivity index is 2.53. The summed E-state index contributed by atoms with van der Waals surface area (Å²) in [5, 5.41) is 0.502. The second-order valence-corrected chi connectivity index (χ2v) is 7.61. The van der Waals surface area contributed by atoms with E-state index in [1.54, 1.807) is 55.5 Å². The van der Waals surface area contributed by atoms with Gasteiger partial charge in [0.1, 0.15) is 0 Å². The Kier molecular flexibility index (Phi) is 7.78. The first-order valence-corrected chi connectivity index (χ1v) is 9.68. The van der Waals surface area contributed by atoms with Gasteiger partial charge in [0.15, 0.2) is 11.7 Å². The zero-order valence-corrected chi connectivity index (χ0v) is 18.0. The van der Waals surface area contributed by atoms with Crippen molar-refractivity contribution in [3.05, 3.63) is 69.2 Å². The van der Waals surface area contributed by atoms with E-state index in [0.717, 1.165) is 4.47 Å². The predicted molar refractivity (Wildman–Crippen MR) is 109 cm³/mol. The van der Waals surface area contributed by atoms with Gasteiger partial charge in [-0.2, -0.15) is 0 Å². The molecule has 2 atom stereocenters. The smallest absolute Gasteiger partial charge is 0.320 e. The van der Waals surface area contributed by atoms with Gasteiger partial charge in [0.25, 0.3) is 0 Å². The molecule has 2 unspecified atom stereocenters. The molecule has 0 N–H and O–H groups in total. The van der Waals surface area contributed by atoms with Gasteiger partial charge in [0, 0.05) is 26.9 Å². The third-order valence-electron chi connectivity index (χ3n) is 4.61. The zero-order chi connectivity index (χ0) is 20.8. The Morgan fingerprint density at radius 2 is 1.39 bits per heavy atom. The highest BCUT2D eigenvalue weighted by Crippen LogP contribution is 2.36. The molecule has 28 heavy (non-hydrogen) atoms. The fourth-order valence-electron chi connectivity index (χ4n) is 3.14. The molecular formula is C21H20BrClO5. The van der Waals surface area contributed by atoms with E-state index >= 15 is 0 Å². The number of ether oxygens (including phenoxy) is 2. The van der Waals surface area contributed by atoms with Gasteiger partial charge in [-0.15, -0.1) is 0 Å². The molecule has 2 rings (SSSR count). The first-order chi connectivity index (χ1) is 13.3. The number of hydrogen-bond donors (Lipinski definition) is 0. The number of benzene rings is 2. The van der Waals surface area contributed by atoms with Gasteiger partial charge in [-0.05, 0) is 29.8 Å². The fourth-order valence-corrected chi connectivity index (χ4v) is 3.53. The third-order valence-corrected chi connectivity index (χ3v) is 5.39. The summed E-state index contributed by atoms with van der Waals surface area (Å²) < 4.78 is 10.5. The largest absolute Gasteiger partial charge is 0.468 e. The maximum absolute atomic E-state index is 13.1. The lowest BCUT2D eigenvalue weighted by Crippen LogP contribution is -2.37. The lowest BCUT2D eigenvalue weighted by Gasteiger charge is -2.28. The van der Waals surface area contributed by atoms with Crippen molar-refractivity contribution in [2.75, 3.05) is 14.2 Å². The summed E-state index contributed by atoms with van der Waals surface area (Å²) in [6.07, 6.45) is 0. The number of hydrogen-bond acceptors (Lipinski definition) is 5. The van der Waals surface area contributed by atoms with E-state index in [2.05, 4.69) is 15.9 Å². The van der Waals surface area contributed by atoms with Gasteiger partial charge in [-0.25, -0.2) is 0 Å². The maximum atomic E-state index is 13.1. The topological polar surface area (TPSA) is 69.7 Å². The quantitative estimate of drug-likeness (QED) is 0.336. The molecule has 0 fully saturated rings. The van der Waals surface area contributed by atoms with Gasteiger partial charge in [-0.1, -0.05) is 58.7 Å². The SMILES string of the molecule is COC(=O)C(C(=O)OC)C(c1ccc(Cl)cc1)C(C)C(=O)c1ccc(Br)cc1. The van der Waals surface area contributed by atoms with Crippen molar-refractivity contribution < 1.29 is 23.9 Å². The Morgan fingerprint density at radius 1 is 0.893 bits per heavy atom. The van der Waals surface area contributed by atoms with Crippen molar-refractivity contribution in [3.8, 4) is 0 Å². The van der Waals surface area contributed by atoms with E-state index < -0.39 is 29.7 Å². The number of carbonyl (C=O) groups excluding carboxylic acids is 3. The Morgan fingerprint density at radius 3 is 1.86 bits per heavy atom. The Hall–Kier alpha value is -2.18. The van der Waals surface area contributed by atoms with Crippen LogP contribution >= 0.6 is 27.5 Å². The molecule has 0 aromatic heterocycles. The fraction of sp³-hybridized carbons (Fsp3) is 0.286. The van der Waals surface area contributed by atoms with Gasteiger partial charge in [-0.3, -0.25) is 14.4 Å². The van der Waals surface area contributed by atoms with E-state index in [9.17, 15) is 14.4 Å². The van der Waals surface area contributed by atoms with E-state index in [1.807, 2.05) is 0 Å². The molecule has 0 spiro atoms. The Labute approximate surface area is 177 Å². The lowest BCUT2D eigenvalue weighted by atomic mass is 9.74. The van der Waals surface area contributed by atoms with E-state index in [1.165, 1.54) is 14.2 Å². The van der Waals surface area contributed by atoms with Crippen molar-refractivity contribution in [3.63, 3.8) is 0 Å². The van der Waals surface area contributed by atoms with Crippen LogP contribution in [0.5, 0.6) is 0 Å². The van der Waals surface area contributed by atoms with Crippen molar-refractivity contribution >= 4 is 45.3 Å². The first-order valence-electron chi connectivity index (χ1n) is 8.51. The van der Waals surface area contributed by atoms with Crippen molar-refractivity contribution in [1.29, 1.82) is 0 Å². The first kappa shape index (κ1) is 22.1. The average molecular weight is 468 g/mol. The molecule has 0 amide bonds. The molecule has 0 radical (unpaired) electrons. The molecule has 0 aliphatic heterocycles. The minimum absolute atomic E-state index is 0.203. The second-order valence-electron chi connectivity index (χ2n) is 6.26.